The average Bonchev–Trinajstić information content (AvgIpc) is 2.60. The van der Waals surface area contributed by atoms with Gasteiger partial charge in [0.1, 0.15) is 6.54 Å². The van der Waals surface area contributed by atoms with E-state index in [4.69, 9.17) is 5.26 Å². The molecule has 1 aliphatic heterocycles. The molecule has 1 N–H and O–H groups in total. The lowest BCUT2D eigenvalue weighted by molar-refractivity contribution is 0.0731. The summed E-state index contributed by atoms with van der Waals surface area (Å²) < 4.78 is 0. The molecule has 2 rings (SSSR count). The van der Waals surface area contributed by atoms with Gasteiger partial charge < -0.3 is 10.0 Å². The molecule has 0 aromatic heterocycles. The van der Waals surface area contributed by atoms with Gasteiger partial charge in [0.15, 0.2) is 0 Å². The van der Waals surface area contributed by atoms with Crippen LogP contribution >= 0.6 is 0 Å². The number of aliphatic hydroxyl groups excluding tert-OH is 1. The molecule has 24 heavy (non-hydrogen) atoms. The minimum Gasteiger partial charge on any atom is -0.396 e. The van der Waals surface area contributed by atoms with Gasteiger partial charge in [0.05, 0.1) is 6.07 Å². The highest BCUT2D eigenvalue weighted by molar-refractivity contribution is 5.94. The Morgan fingerprint density at radius 3 is 2.46 bits per heavy atom. The summed E-state index contributed by atoms with van der Waals surface area (Å²) in [4.78, 5) is 16.5. The number of piperidine rings is 1. The summed E-state index contributed by atoms with van der Waals surface area (Å²) in [7, 11) is 0. The quantitative estimate of drug-likeness (QED) is 0.813. The fourth-order valence-corrected chi connectivity index (χ4v) is 3.07. The van der Waals surface area contributed by atoms with Crippen molar-refractivity contribution in [2.75, 3.05) is 26.2 Å². The number of likely N-dealkylation sites (tertiary alicyclic amines) is 1. The molecule has 5 heteroatoms. The van der Waals surface area contributed by atoms with E-state index in [2.05, 4.69) is 11.0 Å². The van der Waals surface area contributed by atoms with E-state index in [-0.39, 0.29) is 18.5 Å². The molecule has 1 amide bonds. The Hall–Kier alpha value is -1.90. The molecule has 1 heterocycles. The lowest BCUT2D eigenvalue weighted by Gasteiger charge is -2.31. The van der Waals surface area contributed by atoms with Crippen LogP contribution in [0.3, 0.4) is 0 Å². The number of benzene rings is 1. The van der Waals surface area contributed by atoms with Crippen molar-refractivity contribution in [2.24, 2.45) is 5.92 Å². The maximum Gasteiger partial charge on any atom is 0.254 e. The first-order valence-electron chi connectivity index (χ1n) is 8.65. The molecule has 0 saturated carbocycles. The maximum atomic E-state index is 12.5. The van der Waals surface area contributed by atoms with Crippen molar-refractivity contribution in [2.45, 2.75) is 39.3 Å². The monoisotopic (exact) mass is 329 g/mol. The molecule has 0 spiro atoms. The number of carbonyl (C=O) groups is 1. The molecule has 0 atom stereocenters. The van der Waals surface area contributed by atoms with Crippen LogP contribution in [0.25, 0.3) is 0 Å². The number of aliphatic hydroxyl groups is 1. The van der Waals surface area contributed by atoms with Gasteiger partial charge in [-0.15, -0.1) is 0 Å². The summed E-state index contributed by atoms with van der Waals surface area (Å²) in [5, 5.41) is 18.1. The minimum absolute atomic E-state index is 0.00430. The van der Waals surface area contributed by atoms with Crippen molar-refractivity contribution in [3.8, 4) is 6.07 Å². The minimum atomic E-state index is -0.0955. The Kier molecular flexibility index (Phi) is 6.77. The Morgan fingerprint density at radius 2 is 1.96 bits per heavy atom. The number of hydrogen-bond acceptors (Lipinski definition) is 4. The molecule has 1 fully saturated rings. The predicted molar refractivity (Wildman–Crippen MR) is 93.3 cm³/mol. The van der Waals surface area contributed by atoms with E-state index in [0.717, 1.165) is 32.5 Å². The molecule has 1 aliphatic rings. The third kappa shape index (κ3) is 4.80. The van der Waals surface area contributed by atoms with Gasteiger partial charge in [-0.25, -0.2) is 0 Å². The van der Waals surface area contributed by atoms with Crippen LogP contribution in [-0.2, 0) is 6.54 Å². The molecule has 0 unspecified atom stereocenters. The molecular weight excluding hydrogens is 302 g/mol. The highest BCUT2D eigenvalue weighted by Crippen LogP contribution is 2.19. The normalized spacial score (nSPS) is 16.1. The van der Waals surface area contributed by atoms with E-state index in [9.17, 15) is 9.90 Å². The van der Waals surface area contributed by atoms with Crippen molar-refractivity contribution in [1.82, 2.24) is 9.80 Å². The van der Waals surface area contributed by atoms with Crippen LogP contribution in [0.15, 0.2) is 24.3 Å². The second-order valence-electron chi connectivity index (χ2n) is 6.78. The number of hydrogen-bond donors (Lipinski definition) is 1. The van der Waals surface area contributed by atoms with Gasteiger partial charge in [0.2, 0.25) is 0 Å². The van der Waals surface area contributed by atoms with Crippen LogP contribution in [0.5, 0.6) is 0 Å². The van der Waals surface area contributed by atoms with Crippen molar-refractivity contribution in [3.05, 3.63) is 35.4 Å². The summed E-state index contributed by atoms with van der Waals surface area (Å²) in [5.74, 6) is 0.352. The highest BCUT2D eigenvalue weighted by atomic mass is 16.3. The predicted octanol–water partition coefficient (Wildman–Crippen LogP) is 2.27. The van der Waals surface area contributed by atoms with Crippen molar-refractivity contribution < 1.29 is 9.90 Å². The molecule has 0 bridgehead atoms. The lowest BCUT2D eigenvalue weighted by atomic mass is 9.97. The molecular formula is C19H27N3O2. The summed E-state index contributed by atoms with van der Waals surface area (Å²) in [6, 6.07) is 9.76. The lowest BCUT2D eigenvalue weighted by Crippen LogP contribution is -2.37. The first-order valence-corrected chi connectivity index (χ1v) is 8.65. The SMILES string of the molecule is CC(C)N(CC#N)C(=O)c1ccc(CN2CCC(CO)CC2)cc1. The van der Waals surface area contributed by atoms with E-state index < -0.39 is 0 Å². The smallest absolute Gasteiger partial charge is 0.254 e. The summed E-state index contributed by atoms with van der Waals surface area (Å²) in [6.45, 7) is 7.13. The van der Waals surface area contributed by atoms with Crippen molar-refractivity contribution >= 4 is 5.91 Å². The molecule has 1 aromatic rings. The van der Waals surface area contributed by atoms with Crippen LogP contribution < -0.4 is 0 Å². The average molecular weight is 329 g/mol. The van der Waals surface area contributed by atoms with Crippen LogP contribution in [-0.4, -0.2) is 53.1 Å². The molecule has 1 aromatic carbocycles. The topological polar surface area (TPSA) is 67.6 Å². The zero-order chi connectivity index (χ0) is 17.5. The third-order valence-corrected chi connectivity index (χ3v) is 4.70. The van der Waals surface area contributed by atoms with E-state index in [1.165, 1.54) is 5.56 Å². The second-order valence-corrected chi connectivity index (χ2v) is 6.78. The van der Waals surface area contributed by atoms with E-state index in [0.29, 0.717) is 18.1 Å². The summed E-state index contributed by atoms with van der Waals surface area (Å²) in [5.41, 5.74) is 1.81. The Morgan fingerprint density at radius 1 is 1.33 bits per heavy atom. The first kappa shape index (κ1) is 18.4. The first-order chi connectivity index (χ1) is 11.5. The standard InChI is InChI=1S/C19H27N3O2/c1-15(2)22(12-9-20)19(24)18-5-3-16(4-6-18)13-21-10-7-17(14-23)8-11-21/h3-6,15,17,23H,7-8,10-14H2,1-2H3. The third-order valence-electron chi connectivity index (χ3n) is 4.70. The van der Waals surface area contributed by atoms with Crippen LogP contribution in [0.2, 0.25) is 0 Å². The van der Waals surface area contributed by atoms with E-state index in [1.807, 2.05) is 38.1 Å². The van der Waals surface area contributed by atoms with Gasteiger partial charge >= 0.3 is 0 Å². The fourth-order valence-electron chi connectivity index (χ4n) is 3.07. The number of rotatable bonds is 6. The molecule has 0 radical (unpaired) electrons. The number of nitriles is 1. The Bertz CT molecular complexity index is 569. The van der Waals surface area contributed by atoms with Gasteiger partial charge in [-0.05, 0) is 63.4 Å². The molecule has 1 saturated heterocycles. The number of carbonyl (C=O) groups excluding carboxylic acids is 1. The number of amides is 1. The van der Waals surface area contributed by atoms with E-state index in [1.54, 1.807) is 4.90 Å². The van der Waals surface area contributed by atoms with Gasteiger partial charge in [-0.3, -0.25) is 9.69 Å². The zero-order valence-corrected chi connectivity index (χ0v) is 14.6. The number of nitrogens with zero attached hydrogens (tertiary/aromatic N) is 3. The van der Waals surface area contributed by atoms with Gasteiger partial charge in [-0.1, -0.05) is 12.1 Å². The van der Waals surface area contributed by atoms with E-state index >= 15 is 0 Å². The highest BCUT2D eigenvalue weighted by Gasteiger charge is 2.20. The largest absolute Gasteiger partial charge is 0.396 e. The Balaban J connectivity index is 1.95. The summed E-state index contributed by atoms with van der Waals surface area (Å²) >= 11 is 0. The fraction of sp³-hybridized carbons (Fsp3) is 0.579. The van der Waals surface area contributed by atoms with Gasteiger partial charge in [-0.2, -0.15) is 5.26 Å². The summed E-state index contributed by atoms with van der Waals surface area (Å²) in [6.07, 6.45) is 2.09. The van der Waals surface area contributed by atoms with Crippen molar-refractivity contribution in [3.63, 3.8) is 0 Å². The van der Waals surface area contributed by atoms with Crippen LogP contribution in [0.4, 0.5) is 0 Å². The molecule has 130 valence electrons. The van der Waals surface area contributed by atoms with Gasteiger partial charge in [0.25, 0.3) is 5.91 Å². The Labute approximate surface area is 144 Å². The maximum absolute atomic E-state index is 12.5. The van der Waals surface area contributed by atoms with Crippen LogP contribution in [0, 0.1) is 17.2 Å². The van der Waals surface area contributed by atoms with Crippen LogP contribution in [0.1, 0.15) is 42.6 Å². The molecule has 0 aliphatic carbocycles. The van der Waals surface area contributed by atoms with Gasteiger partial charge in [0, 0.05) is 24.8 Å². The zero-order valence-electron chi connectivity index (χ0n) is 14.6. The van der Waals surface area contributed by atoms with Crippen molar-refractivity contribution in [1.29, 1.82) is 5.26 Å². The second kappa shape index (κ2) is 8.81. The molecule has 5 nitrogen and oxygen atoms in total.